The van der Waals surface area contributed by atoms with Crippen molar-refractivity contribution in [1.82, 2.24) is 10.2 Å². The van der Waals surface area contributed by atoms with Crippen molar-refractivity contribution in [3.63, 3.8) is 0 Å². The first kappa shape index (κ1) is 13.8. The number of rotatable bonds is 5. The lowest BCUT2D eigenvalue weighted by atomic mass is 10.1. The van der Waals surface area contributed by atoms with Crippen LogP contribution in [0.3, 0.4) is 0 Å². The molecule has 18 heavy (non-hydrogen) atoms. The molecule has 0 aromatic rings. The van der Waals surface area contributed by atoms with Crippen molar-refractivity contribution >= 4 is 5.91 Å². The summed E-state index contributed by atoms with van der Waals surface area (Å²) < 4.78 is 5.60. The maximum atomic E-state index is 12.0. The Kier molecular flexibility index (Phi) is 5.45. The van der Waals surface area contributed by atoms with E-state index < -0.39 is 0 Å². The van der Waals surface area contributed by atoms with Gasteiger partial charge in [0.1, 0.15) is 0 Å². The highest BCUT2D eigenvalue weighted by Crippen LogP contribution is 2.18. The molecule has 0 aromatic heterocycles. The van der Waals surface area contributed by atoms with E-state index in [0.717, 1.165) is 32.5 Å². The van der Waals surface area contributed by atoms with Gasteiger partial charge < -0.3 is 15.0 Å². The van der Waals surface area contributed by atoms with Crippen LogP contribution in [-0.2, 0) is 9.53 Å². The number of hydrogen-bond donors (Lipinski definition) is 1. The van der Waals surface area contributed by atoms with E-state index in [2.05, 4.69) is 5.32 Å². The summed E-state index contributed by atoms with van der Waals surface area (Å²) in [5.41, 5.74) is 0. The minimum absolute atomic E-state index is 0.261. The van der Waals surface area contributed by atoms with Gasteiger partial charge in [-0.1, -0.05) is 12.8 Å². The predicted molar refractivity (Wildman–Crippen MR) is 71.5 cm³/mol. The largest absolute Gasteiger partial charge is 0.378 e. The zero-order valence-corrected chi connectivity index (χ0v) is 11.5. The Hall–Kier alpha value is -0.610. The van der Waals surface area contributed by atoms with Crippen molar-refractivity contribution in [2.45, 2.75) is 57.6 Å². The molecule has 0 unspecified atom stereocenters. The molecular weight excluding hydrogens is 228 g/mol. The Morgan fingerprint density at radius 2 is 1.89 bits per heavy atom. The summed E-state index contributed by atoms with van der Waals surface area (Å²) in [6.07, 6.45) is 7.43. The van der Waals surface area contributed by atoms with Gasteiger partial charge in [0.25, 0.3) is 0 Å². The van der Waals surface area contributed by atoms with E-state index in [4.69, 9.17) is 4.74 Å². The van der Waals surface area contributed by atoms with E-state index in [-0.39, 0.29) is 5.91 Å². The Bertz CT molecular complexity index is 257. The number of amides is 1. The van der Waals surface area contributed by atoms with Crippen LogP contribution in [0.4, 0.5) is 0 Å². The lowest BCUT2D eigenvalue weighted by Crippen LogP contribution is -2.45. The number of carbonyl (C=O) groups is 1. The number of nitrogens with one attached hydrogen (secondary N) is 1. The summed E-state index contributed by atoms with van der Waals surface area (Å²) in [5, 5.41) is 3.39. The van der Waals surface area contributed by atoms with Gasteiger partial charge in [-0.3, -0.25) is 4.79 Å². The summed E-state index contributed by atoms with van der Waals surface area (Å²) in [6, 6.07) is 0.579. The van der Waals surface area contributed by atoms with Crippen LogP contribution in [0, 0.1) is 0 Å². The quantitative estimate of drug-likeness (QED) is 0.809. The van der Waals surface area contributed by atoms with Crippen molar-refractivity contribution in [3.8, 4) is 0 Å². The fourth-order valence-electron chi connectivity index (χ4n) is 2.98. The van der Waals surface area contributed by atoms with E-state index >= 15 is 0 Å². The van der Waals surface area contributed by atoms with Gasteiger partial charge in [0.05, 0.1) is 12.6 Å². The van der Waals surface area contributed by atoms with Gasteiger partial charge in [-0.2, -0.15) is 0 Å². The Morgan fingerprint density at radius 1 is 1.22 bits per heavy atom. The second-order valence-corrected chi connectivity index (χ2v) is 5.40. The van der Waals surface area contributed by atoms with Crippen molar-refractivity contribution < 1.29 is 9.53 Å². The molecule has 4 heteroatoms. The van der Waals surface area contributed by atoms with Gasteiger partial charge in [-0.25, -0.2) is 0 Å². The van der Waals surface area contributed by atoms with Crippen LogP contribution >= 0.6 is 0 Å². The normalized spacial score (nSPS) is 22.6. The Balaban J connectivity index is 1.64. The van der Waals surface area contributed by atoms with Crippen LogP contribution in [0.25, 0.3) is 0 Å². The van der Waals surface area contributed by atoms with Crippen LogP contribution in [0.2, 0.25) is 0 Å². The molecule has 0 aromatic carbocycles. The molecule has 1 N–H and O–H groups in total. The van der Waals surface area contributed by atoms with Crippen LogP contribution in [0.5, 0.6) is 0 Å². The van der Waals surface area contributed by atoms with Crippen LogP contribution < -0.4 is 5.32 Å². The molecule has 0 bridgehead atoms. The van der Waals surface area contributed by atoms with Crippen molar-refractivity contribution in [3.05, 3.63) is 0 Å². The van der Waals surface area contributed by atoms with Gasteiger partial charge in [-0.15, -0.1) is 0 Å². The van der Waals surface area contributed by atoms with Gasteiger partial charge in [0.15, 0.2) is 0 Å². The molecule has 0 radical (unpaired) electrons. The number of hydrogen-bond acceptors (Lipinski definition) is 3. The topological polar surface area (TPSA) is 41.6 Å². The average molecular weight is 254 g/mol. The molecular formula is C14H26N2O2. The van der Waals surface area contributed by atoms with Crippen LogP contribution in [0.1, 0.15) is 45.4 Å². The predicted octanol–water partition coefficient (Wildman–Crippen LogP) is 1.55. The molecule has 0 spiro atoms. The number of likely N-dealkylation sites (tertiary alicyclic amines) is 1. The summed E-state index contributed by atoms with van der Waals surface area (Å²) in [5.74, 6) is 0.261. The molecule has 0 atom stereocenters. The molecule has 1 heterocycles. The molecule has 1 amide bonds. The van der Waals surface area contributed by atoms with E-state index in [1.165, 1.54) is 25.7 Å². The molecule has 1 saturated heterocycles. The maximum Gasteiger partial charge on any atom is 0.236 e. The Morgan fingerprint density at radius 3 is 2.50 bits per heavy atom. The van der Waals surface area contributed by atoms with E-state index in [0.29, 0.717) is 18.7 Å². The summed E-state index contributed by atoms with van der Waals surface area (Å²) in [7, 11) is 0. The molecule has 2 rings (SSSR count). The minimum Gasteiger partial charge on any atom is -0.378 e. The summed E-state index contributed by atoms with van der Waals surface area (Å²) >= 11 is 0. The zero-order valence-electron chi connectivity index (χ0n) is 11.5. The van der Waals surface area contributed by atoms with Crippen LogP contribution in [-0.4, -0.2) is 49.2 Å². The molecule has 1 aliphatic carbocycles. The Labute approximate surface area is 110 Å². The highest BCUT2D eigenvalue weighted by atomic mass is 16.5. The van der Waals surface area contributed by atoms with Crippen molar-refractivity contribution in [2.24, 2.45) is 0 Å². The summed E-state index contributed by atoms with van der Waals surface area (Å²) in [4.78, 5) is 14.0. The number of carbonyl (C=O) groups excluding carboxylic acids is 1. The first-order chi connectivity index (χ1) is 8.79. The SMILES string of the molecule is CCOC1CCN(C(=O)CNC2CCCC2)CC1. The number of piperidine rings is 1. The fraction of sp³-hybridized carbons (Fsp3) is 0.929. The summed E-state index contributed by atoms with van der Waals surface area (Å²) in [6.45, 7) is 5.04. The standard InChI is InChI=1S/C14H26N2O2/c1-2-18-13-7-9-16(10-8-13)14(17)11-15-12-5-3-4-6-12/h12-13,15H,2-11H2,1H3. The lowest BCUT2D eigenvalue weighted by Gasteiger charge is -2.32. The molecule has 2 aliphatic rings. The molecule has 1 aliphatic heterocycles. The third-order valence-corrected chi connectivity index (χ3v) is 4.09. The average Bonchev–Trinajstić information content (AvgIpc) is 2.90. The second-order valence-electron chi connectivity index (χ2n) is 5.40. The molecule has 104 valence electrons. The first-order valence-corrected chi connectivity index (χ1v) is 7.42. The number of ether oxygens (including phenoxy) is 1. The van der Waals surface area contributed by atoms with E-state index in [1.807, 2.05) is 11.8 Å². The van der Waals surface area contributed by atoms with Gasteiger partial charge in [0.2, 0.25) is 5.91 Å². The molecule has 2 fully saturated rings. The van der Waals surface area contributed by atoms with Crippen LogP contribution in [0.15, 0.2) is 0 Å². The van der Waals surface area contributed by atoms with Gasteiger partial charge in [-0.05, 0) is 32.6 Å². The van der Waals surface area contributed by atoms with Gasteiger partial charge >= 0.3 is 0 Å². The molecule has 1 saturated carbocycles. The minimum atomic E-state index is 0.261. The van der Waals surface area contributed by atoms with E-state index in [9.17, 15) is 4.79 Å². The smallest absolute Gasteiger partial charge is 0.236 e. The first-order valence-electron chi connectivity index (χ1n) is 7.42. The highest BCUT2D eigenvalue weighted by Gasteiger charge is 2.23. The van der Waals surface area contributed by atoms with Crippen molar-refractivity contribution in [2.75, 3.05) is 26.2 Å². The zero-order chi connectivity index (χ0) is 12.8. The highest BCUT2D eigenvalue weighted by molar-refractivity contribution is 5.78. The van der Waals surface area contributed by atoms with E-state index in [1.54, 1.807) is 0 Å². The third kappa shape index (κ3) is 3.95. The lowest BCUT2D eigenvalue weighted by molar-refractivity contribution is -0.132. The van der Waals surface area contributed by atoms with Crippen molar-refractivity contribution in [1.29, 1.82) is 0 Å². The fourth-order valence-corrected chi connectivity index (χ4v) is 2.98. The second kappa shape index (κ2) is 7.10. The third-order valence-electron chi connectivity index (χ3n) is 4.09. The molecule has 4 nitrogen and oxygen atoms in total. The van der Waals surface area contributed by atoms with Gasteiger partial charge in [0, 0.05) is 25.7 Å². The number of nitrogens with zero attached hydrogens (tertiary/aromatic N) is 1. The maximum absolute atomic E-state index is 12.0. The monoisotopic (exact) mass is 254 g/mol.